The number of hydrogen-bond donors (Lipinski definition) is 0. The van der Waals surface area contributed by atoms with Gasteiger partial charge in [0.05, 0.1) is 6.54 Å². The molecule has 1 aliphatic rings. The van der Waals surface area contributed by atoms with Gasteiger partial charge in [-0.15, -0.1) is 6.07 Å². The normalized spacial score (nSPS) is 14.8. The van der Waals surface area contributed by atoms with Crippen LogP contribution < -0.4 is 0 Å². The maximum atomic E-state index is 12.7. The first-order valence-electron chi connectivity index (χ1n) is 5.59. The molecule has 0 bridgehead atoms. The van der Waals surface area contributed by atoms with Crippen molar-refractivity contribution in [3.05, 3.63) is 63.3 Å². The predicted octanol–water partition coefficient (Wildman–Crippen LogP) is 5.35. The van der Waals surface area contributed by atoms with Gasteiger partial charge in [-0.25, -0.2) is 8.78 Å². The van der Waals surface area contributed by atoms with Gasteiger partial charge in [0.15, 0.2) is 0 Å². The number of rotatable bonds is 3. The molecule has 0 aliphatic carbocycles. The summed E-state index contributed by atoms with van der Waals surface area (Å²) >= 11 is 17.8. The van der Waals surface area contributed by atoms with E-state index in [1.807, 2.05) is 0 Å². The van der Waals surface area contributed by atoms with E-state index in [4.69, 9.17) is 34.8 Å². The summed E-state index contributed by atoms with van der Waals surface area (Å²) in [6, 6.07) is 4.81. The van der Waals surface area contributed by atoms with E-state index in [1.54, 1.807) is 12.1 Å². The number of hydrogen-bond acceptors (Lipinski definition) is 1. The van der Waals surface area contributed by atoms with Crippen LogP contribution in [0.3, 0.4) is 0 Å². The van der Waals surface area contributed by atoms with E-state index >= 15 is 0 Å². The fraction of sp³-hybridized carbons (Fsp3) is 0.143. The van der Waals surface area contributed by atoms with Crippen molar-refractivity contribution in [2.24, 2.45) is 0 Å². The second kappa shape index (κ2) is 8.07. The fourth-order valence-electron chi connectivity index (χ4n) is 1.80. The van der Waals surface area contributed by atoms with E-state index in [1.165, 1.54) is 17.0 Å². The Kier molecular flexibility index (Phi) is 7.35. The fourth-order valence-corrected chi connectivity index (χ4v) is 2.46. The zero-order chi connectivity index (χ0) is 14.9. The third kappa shape index (κ3) is 4.52. The van der Waals surface area contributed by atoms with Gasteiger partial charge < -0.3 is 4.90 Å². The summed E-state index contributed by atoms with van der Waals surface area (Å²) in [7, 11) is 0. The summed E-state index contributed by atoms with van der Waals surface area (Å²) in [6.45, 7) is 3.18. The Morgan fingerprint density at radius 2 is 1.90 bits per heavy atom. The second-order valence-electron chi connectivity index (χ2n) is 4.06. The summed E-state index contributed by atoms with van der Waals surface area (Å²) in [6.07, 6.45) is 1.79. The van der Waals surface area contributed by atoms with Crippen molar-refractivity contribution < 1.29 is 41.5 Å². The van der Waals surface area contributed by atoms with Crippen LogP contribution in [0.25, 0.3) is 5.70 Å². The van der Waals surface area contributed by atoms with E-state index in [-0.39, 0.29) is 43.4 Å². The molecule has 0 saturated carbocycles. The van der Waals surface area contributed by atoms with Crippen LogP contribution in [0.2, 0.25) is 10.0 Å². The molecule has 0 atom stereocenters. The van der Waals surface area contributed by atoms with Crippen LogP contribution in [0, 0.1) is 6.08 Å². The smallest absolute Gasteiger partial charge is 0.256 e. The summed E-state index contributed by atoms with van der Waals surface area (Å²) < 4.78 is 25.5. The monoisotopic (exact) mass is 423 g/mol. The van der Waals surface area contributed by atoms with Gasteiger partial charge in [0.2, 0.25) is 0 Å². The van der Waals surface area contributed by atoms with E-state index in [9.17, 15) is 8.78 Å². The molecule has 7 heteroatoms. The van der Waals surface area contributed by atoms with Crippen molar-refractivity contribution in [1.82, 2.24) is 4.90 Å². The molecule has 0 unspecified atom stereocenters. The number of benzene rings is 1. The average Bonchev–Trinajstić information content (AvgIpc) is 2.36. The quantitative estimate of drug-likeness (QED) is 0.591. The van der Waals surface area contributed by atoms with E-state index in [0.717, 1.165) is 0 Å². The number of nitrogens with zero attached hydrogens (tertiary/aromatic N) is 1. The molecule has 0 saturated heterocycles. The summed E-state index contributed by atoms with van der Waals surface area (Å²) in [5.74, 6) is 0. The third-order valence-electron chi connectivity index (χ3n) is 2.71. The first-order valence-corrected chi connectivity index (χ1v) is 6.73. The Balaban J connectivity index is 0.00000220. The van der Waals surface area contributed by atoms with Gasteiger partial charge in [-0.3, -0.25) is 0 Å². The van der Waals surface area contributed by atoms with Gasteiger partial charge in [-0.2, -0.15) is 23.8 Å². The molecule has 21 heavy (non-hydrogen) atoms. The molecule has 0 amide bonds. The molecular formula is C14H9Cl3F2NY-. The molecule has 1 heterocycles. The third-order valence-corrected chi connectivity index (χ3v) is 3.59. The first-order chi connectivity index (χ1) is 9.40. The van der Waals surface area contributed by atoms with Gasteiger partial charge in [-0.05, 0) is 21.8 Å². The zero-order valence-electron chi connectivity index (χ0n) is 10.7. The molecule has 1 aromatic carbocycles. The van der Waals surface area contributed by atoms with Crippen molar-refractivity contribution in [2.75, 3.05) is 6.54 Å². The van der Waals surface area contributed by atoms with E-state index < -0.39 is 13.0 Å². The molecule has 0 spiro atoms. The topological polar surface area (TPSA) is 3.24 Å². The minimum atomic E-state index is -2.54. The Labute approximate surface area is 162 Å². The predicted molar refractivity (Wildman–Crippen MR) is 78.9 cm³/mol. The maximum Gasteiger partial charge on any atom is 0.256 e. The SMILES string of the molecule is C=C1C(Cl)=C[C-]=C(c2ccc(Cl)cc2Cl)N1CC(F)F.[Y]. The largest absolute Gasteiger partial charge is 0.368 e. The van der Waals surface area contributed by atoms with Gasteiger partial charge in [0, 0.05) is 37.7 Å². The summed E-state index contributed by atoms with van der Waals surface area (Å²) in [5.41, 5.74) is 1.21. The summed E-state index contributed by atoms with van der Waals surface area (Å²) in [5, 5.41) is 1.07. The van der Waals surface area contributed by atoms with Crippen molar-refractivity contribution in [3.8, 4) is 0 Å². The van der Waals surface area contributed by atoms with Crippen LogP contribution in [0.15, 0.2) is 41.6 Å². The Bertz CT molecular complexity index is 614. The standard InChI is InChI=1S/C14H9Cl3F2N.Y/c1-8-11(16)4-5-13(20(8)7-14(18)19)10-3-2-9(15)6-12(10)17;/h2-4,6,14H,1,7H2;/q-1;. The van der Waals surface area contributed by atoms with Gasteiger partial charge in [0.25, 0.3) is 6.43 Å². The van der Waals surface area contributed by atoms with Gasteiger partial charge in [-0.1, -0.05) is 47.1 Å². The molecule has 2 rings (SSSR count). The zero-order valence-corrected chi connectivity index (χ0v) is 15.8. The molecule has 1 radical (unpaired) electrons. The second-order valence-corrected chi connectivity index (χ2v) is 5.31. The van der Waals surface area contributed by atoms with E-state index in [0.29, 0.717) is 21.3 Å². The van der Waals surface area contributed by atoms with E-state index in [2.05, 4.69) is 12.7 Å². The Morgan fingerprint density at radius 1 is 1.24 bits per heavy atom. The van der Waals surface area contributed by atoms with Crippen LogP contribution in [-0.4, -0.2) is 17.9 Å². The minimum Gasteiger partial charge on any atom is -0.368 e. The molecular weight excluding hydrogens is 415 g/mol. The molecule has 1 aromatic rings. The van der Waals surface area contributed by atoms with Crippen molar-refractivity contribution in [3.63, 3.8) is 0 Å². The molecule has 0 fully saturated rings. The van der Waals surface area contributed by atoms with Crippen LogP contribution in [0.4, 0.5) is 8.78 Å². The molecule has 1 aliphatic heterocycles. The molecule has 0 N–H and O–H groups in total. The molecule has 0 aromatic heterocycles. The summed E-state index contributed by atoms with van der Waals surface area (Å²) in [4.78, 5) is 1.29. The minimum absolute atomic E-state index is 0. The Hall–Kier alpha value is 0.0739. The molecule has 109 valence electrons. The molecule has 1 nitrogen and oxygen atoms in total. The van der Waals surface area contributed by atoms with Crippen LogP contribution in [-0.2, 0) is 32.7 Å². The number of alkyl halides is 2. The van der Waals surface area contributed by atoms with Crippen molar-refractivity contribution in [1.29, 1.82) is 0 Å². The van der Waals surface area contributed by atoms with Crippen molar-refractivity contribution >= 4 is 40.5 Å². The van der Waals surface area contributed by atoms with Crippen molar-refractivity contribution in [2.45, 2.75) is 6.43 Å². The van der Waals surface area contributed by atoms with Crippen LogP contribution in [0.1, 0.15) is 5.56 Å². The van der Waals surface area contributed by atoms with Gasteiger partial charge in [0.1, 0.15) is 0 Å². The maximum absolute atomic E-state index is 12.7. The first kappa shape index (κ1) is 19.1. The number of allylic oxidation sites excluding steroid dienone is 3. The van der Waals surface area contributed by atoms with Crippen LogP contribution in [0.5, 0.6) is 0 Å². The number of halogens is 5. The Morgan fingerprint density at radius 3 is 2.48 bits per heavy atom. The van der Waals surface area contributed by atoms with Gasteiger partial charge >= 0.3 is 0 Å². The average molecular weight is 424 g/mol. The van der Waals surface area contributed by atoms with Crippen LogP contribution >= 0.6 is 34.8 Å².